The lowest BCUT2D eigenvalue weighted by Gasteiger charge is -2.11. The number of hydrogen-bond donors (Lipinski definition) is 2. The average Bonchev–Trinajstić information content (AvgIpc) is 3.48. The van der Waals surface area contributed by atoms with Gasteiger partial charge in [0, 0.05) is 30.6 Å². The summed E-state index contributed by atoms with van der Waals surface area (Å²) in [5, 5.41) is 7.52. The number of amides is 3. The van der Waals surface area contributed by atoms with E-state index in [1.807, 2.05) is 41.1 Å². The number of fused-ring (bicyclic) bond motifs is 1. The van der Waals surface area contributed by atoms with Crippen LogP contribution in [0.5, 0.6) is 17.2 Å². The summed E-state index contributed by atoms with van der Waals surface area (Å²) < 4.78 is 18.0. The van der Waals surface area contributed by atoms with Crippen LogP contribution in [0.25, 0.3) is 11.3 Å². The molecule has 0 radical (unpaired) electrons. The molecule has 1 aliphatic rings. The Morgan fingerprint density at radius 1 is 1.12 bits per heavy atom. The topological polar surface area (TPSA) is 103 Å². The van der Waals surface area contributed by atoms with Crippen molar-refractivity contribution in [3.63, 3.8) is 0 Å². The number of hydrogen-bond acceptors (Lipinski definition) is 6. The second kappa shape index (κ2) is 10.9. The second-order valence-corrected chi connectivity index (χ2v) is 8.24. The Kier molecular flexibility index (Phi) is 7.48. The molecule has 178 valence electrons. The highest BCUT2D eigenvalue weighted by molar-refractivity contribution is 7.07. The van der Waals surface area contributed by atoms with Crippen LogP contribution in [0.2, 0.25) is 0 Å². The van der Waals surface area contributed by atoms with Gasteiger partial charge in [0.15, 0.2) is 16.3 Å². The fraction of sp³-hybridized carbons (Fsp3) is 0.292. The number of urea groups is 1. The van der Waals surface area contributed by atoms with E-state index in [1.54, 1.807) is 25.3 Å². The van der Waals surface area contributed by atoms with Crippen molar-refractivity contribution in [1.82, 2.24) is 15.2 Å². The van der Waals surface area contributed by atoms with Gasteiger partial charge in [0.25, 0.3) is 5.91 Å². The van der Waals surface area contributed by atoms with Gasteiger partial charge >= 0.3 is 6.03 Å². The molecule has 10 heteroatoms. The van der Waals surface area contributed by atoms with Gasteiger partial charge in [0.2, 0.25) is 6.79 Å². The third kappa shape index (κ3) is 5.40. The molecule has 1 aliphatic heterocycles. The summed E-state index contributed by atoms with van der Waals surface area (Å²) in [7, 11) is 1.63. The molecule has 34 heavy (non-hydrogen) atoms. The van der Waals surface area contributed by atoms with Gasteiger partial charge in [-0.1, -0.05) is 0 Å². The minimum Gasteiger partial charge on any atom is -0.497 e. The zero-order chi connectivity index (χ0) is 23.9. The molecular formula is C24H26N4O5S. The molecule has 0 saturated heterocycles. The molecule has 3 amide bonds. The number of thiazole rings is 1. The Morgan fingerprint density at radius 3 is 2.68 bits per heavy atom. The molecular weight excluding hydrogens is 456 g/mol. The van der Waals surface area contributed by atoms with Gasteiger partial charge in [-0.05, 0) is 61.4 Å². The minimum absolute atomic E-state index is 0.143. The van der Waals surface area contributed by atoms with Crippen molar-refractivity contribution in [2.24, 2.45) is 4.99 Å². The van der Waals surface area contributed by atoms with Crippen LogP contribution in [0.4, 0.5) is 4.79 Å². The summed E-state index contributed by atoms with van der Waals surface area (Å²) >= 11 is 1.39. The van der Waals surface area contributed by atoms with E-state index in [9.17, 15) is 9.59 Å². The van der Waals surface area contributed by atoms with Crippen LogP contribution in [-0.2, 0) is 6.54 Å². The number of rotatable bonds is 8. The van der Waals surface area contributed by atoms with Crippen molar-refractivity contribution < 1.29 is 23.8 Å². The van der Waals surface area contributed by atoms with E-state index >= 15 is 0 Å². The van der Waals surface area contributed by atoms with E-state index < -0.39 is 0 Å². The number of carbonyl (C=O) groups is 2. The number of benzene rings is 2. The van der Waals surface area contributed by atoms with Crippen LogP contribution >= 0.6 is 11.3 Å². The third-order valence-electron chi connectivity index (χ3n) is 5.18. The molecule has 0 atom stereocenters. The maximum Gasteiger partial charge on any atom is 0.314 e. The summed E-state index contributed by atoms with van der Waals surface area (Å²) in [6.07, 6.45) is 0.669. The molecule has 2 heterocycles. The SMILES string of the molecule is CCNC(=O)NCCCn1c(-c2ccc(OC)cc2)csc1=NC(=O)c1ccc2c(c1)OCO2. The zero-order valence-corrected chi connectivity index (χ0v) is 19.8. The van der Waals surface area contributed by atoms with Crippen molar-refractivity contribution in [1.29, 1.82) is 0 Å². The summed E-state index contributed by atoms with van der Waals surface area (Å²) in [5.41, 5.74) is 2.33. The Hall–Kier alpha value is -3.79. The molecule has 0 spiro atoms. The first-order valence-corrected chi connectivity index (χ1v) is 11.8. The second-order valence-electron chi connectivity index (χ2n) is 7.41. The zero-order valence-electron chi connectivity index (χ0n) is 19.0. The van der Waals surface area contributed by atoms with Gasteiger partial charge in [-0.25, -0.2) is 4.79 Å². The predicted octanol–water partition coefficient (Wildman–Crippen LogP) is 3.40. The van der Waals surface area contributed by atoms with Crippen molar-refractivity contribution in [3.05, 3.63) is 58.2 Å². The molecule has 0 bridgehead atoms. The van der Waals surface area contributed by atoms with E-state index in [2.05, 4.69) is 15.6 Å². The number of nitrogens with zero attached hydrogens (tertiary/aromatic N) is 2. The number of aromatic nitrogens is 1. The summed E-state index contributed by atoms with van der Waals surface area (Å²) in [6.45, 7) is 3.64. The molecule has 0 aliphatic carbocycles. The lowest BCUT2D eigenvalue weighted by atomic mass is 10.1. The highest BCUT2D eigenvalue weighted by atomic mass is 32.1. The fourth-order valence-corrected chi connectivity index (χ4v) is 4.40. The van der Waals surface area contributed by atoms with Crippen molar-refractivity contribution in [2.45, 2.75) is 19.9 Å². The van der Waals surface area contributed by atoms with Gasteiger partial charge < -0.3 is 29.4 Å². The summed E-state index contributed by atoms with van der Waals surface area (Å²) in [5.74, 6) is 1.55. The first-order valence-electron chi connectivity index (χ1n) is 10.9. The highest BCUT2D eigenvalue weighted by Gasteiger charge is 2.17. The summed E-state index contributed by atoms with van der Waals surface area (Å²) in [6, 6.07) is 12.6. The van der Waals surface area contributed by atoms with Crippen LogP contribution in [0.1, 0.15) is 23.7 Å². The van der Waals surface area contributed by atoms with Gasteiger partial charge in [0.05, 0.1) is 12.8 Å². The highest BCUT2D eigenvalue weighted by Crippen LogP contribution is 2.32. The van der Waals surface area contributed by atoms with Crippen molar-refractivity contribution in [3.8, 4) is 28.5 Å². The summed E-state index contributed by atoms with van der Waals surface area (Å²) in [4.78, 5) is 29.6. The Labute approximate surface area is 201 Å². The third-order valence-corrected chi connectivity index (χ3v) is 6.05. The standard InChI is InChI=1S/C24H26N4O5S/c1-3-25-23(30)26-11-4-12-28-19(16-5-8-18(31-2)9-6-16)14-34-24(28)27-22(29)17-7-10-20-21(13-17)33-15-32-20/h5-10,13-14H,3-4,11-12,15H2,1-2H3,(H2,25,26,30). The Morgan fingerprint density at radius 2 is 1.91 bits per heavy atom. The maximum atomic E-state index is 12.9. The van der Waals surface area contributed by atoms with Gasteiger partial charge in [-0.15, -0.1) is 11.3 Å². The van der Waals surface area contributed by atoms with E-state index in [0.29, 0.717) is 47.9 Å². The van der Waals surface area contributed by atoms with Gasteiger partial charge in [0.1, 0.15) is 5.75 Å². The van der Waals surface area contributed by atoms with Crippen LogP contribution in [0.15, 0.2) is 52.8 Å². The molecule has 2 aromatic carbocycles. The fourth-order valence-electron chi connectivity index (χ4n) is 3.47. The van der Waals surface area contributed by atoms with Crippen LogP contribution in [-0.4, -0.2) is 43.5 Å². The van der Waals surface area contributed by atoms with Crippen molar-refractivity contribution in [2.75, 3.05) is 27.0 Å². The molecule has 0 fully saturated rings. The first-order chi connectivity index (χ1) is 16.6. The Bertz CT molecular complexity index is 1230. The van der Waals surface area contributed by atoms with E-state index in [0.717, 1.165) is 17.0 Å². The quantitative estimate of drug-likeness (QED) is 0.479. The number of nitrogens with one attached hydrogen (secondary N) is 2. The average molecular weight is 483 g/mol. The number of ether oxygens (including phenoxy) is 3. The number of carbonyl (C=O) groups excluding carboxylic acids is 2. The first kappa shape index (κ1) is 23.4. The van der Waals surface area contributed by atoms with Crippen LogP contribution < -0.4 is 29.6 Å². The Balaban J connectivity index is 1.60. The van der Waals surface area contributed by atoms with E-state index in [4.69, 9.17) is 14.2 Å². The molecule has 2 N–H and O–H groups in total. The lowest BCUT2D eigenvalue weighted by molar-refractivity contribution is 0.0997. The van der Waals surface area contributed by atoms with Crippen molar-refractivity contribution >= 4 is 23.3 Å². The molecule has 9 nitrogen and oxygen atoms in total. The van der Waals surface area contributed by atoms with Crippen LogP contribution in [0.3, 0.4) is 0 Å². The largest absolute Gasteiger partial charge is 0.497 e. The van der Waals surface area contributed by atoms with Crippen LogP contribution in [0, 0.1) is 0 Å². The van der Waals surface area contributed by atoms with E-state index in [1.165, 1.54) is 11.3 Å². The molecule has 0 saturated carbocycles. The molecule has 1 aromatic heterocycles. The van der Waals surface area contributed by atoms with Gasteiger partial charge in [-0.3, -0.25) is 4.79 Å². The molecule has 3 aromatic rings. The normalized spacial score (nSPS) is 12.5. The molecule has 4 rings (SSSR count). The maximum absolute atomic E-state index is 12.9. The lowest BCUT2D eigenvalue weighted by Crippen LogP contribution is -2.36. The minimum atomic E-state index is -0.365. The van der Waals surface area contributed by atoms with E-state index in [-0.39, 0.29) is 18.7 Å². The molecule has 0 unspecified atom stereocenters. The monoisotopic (exact) mass is 482 g/mol. The van der Waals surface area contributed by atoms with Gasteiger partial charge in [-0.2, -0.15) is 4.99 Å². The predicted molar refractivity (Wildman–Crippen MR) is 128 cm³/mol. The smallest absolute Gasteiger partial charge is 0.314 e. The number of methoxy groups -OCH3 is 1.